The van der Waals surface area contributed by atoms with Gasteiger partial charge in [-0.25, -0.2) is 4.98 Å². The number of thiazole rings is 1. The fourth-order valence-electron chi connectivity index (χ4n) is 1.56. The second-order valence-electron chi connectivity index (χ2n) is 3.93. The van der Waals surface area contributed by atoms with Crippen LogP contribution in [0.3, 0.4) is 0 Å². The summed E-state index contributed by atoms with van der Waals surface area (Å²) < 4.78 is 4.96. The molecule has 1 aromatic carbocycles. The van der Waals surface area contributed by atoms with Crippen LogP contribution in [0.2, 0.25) is 0 Å². The van der Waals surface area contributed by atoms with Gasteiger partial charge in [0.15, 0.2) is 0 Å². The van der Waals surface area contributed by atoms with Crippen molar-refractivity contribution in [3.05, 3.63) is 39.8 Å². The van der Waals surface area contributed by atoms with E-state index in [4.69, 9.17) is 4.74 Å². The molecule has 0 aliphatic carbocycles. The molecular formula is C13H14N2O3S. The summed E-state index contributed by atoms with van der Waals surface area (Å²) >= 11 is 1.53. The number of methoxy groups -OCH3 is 1. The number of hydrogen-bond acceptors (Lipinski definition) is 5. The molecule has 0 atom stereocenters. The van der Waals surface area contributed by atoms with E-state index in [1.54, 1.807) is 12.3 Å². The van der Waals surface area contributed by atoms with Gasteiger partial charge in [-0.3, -0.25) is 4.79 Å². The van der Waals surface area contributed by atoms with Gasteiger partial charge < -0.3 is 15.2 Å². The maximum Gasteiger partial charge on any atom is 0.255 e. The Morgan fingerprint density at radius 1 is 1.53 bits per heavy atom. The first-order chi connectivity index (χ1) is 9.10. The molecule has 1 heterocycles. The van der Waals surface area contributed by atoms with Crippen molar-refractivity contribution in [1.82, 2.24) is 10.3 Å². The predicted molar refractivity (Wildman–Crippen MR) is 72.7 cm³/mol. The van der Waals surface area contributed by atoms with Crippen LogP contribution in [-0.2, 0) is 6.54 Å². The number of amides is 1. The topological polar surface area (TPSA) is 71.5 Å². The smallest absolute Gasteiger partial charge is 0.255 e. The molecule has 0 saturated heterocycles. The summed E-state index contributed by atoms with van der Waals surface area (Å²) in [5, 5.41) is 13.3. The Bertz CT molecular complexity index is 595. The molecule has 19 heavy (non-hydrogen) atoms. The number of rotatable bonds is 4. The molecule has 100 valence electrons. The number of aromatic nitrogens is 1. The van der Waals surface area contributed by atoms with E-state index in [-0.39, 0.29) is 17.2 Å². The molecule has 0 unspecified atom stereocenters. The van der Waals surface area contributed by atoms with Crippen LogP contribution in [0.15, 0.2) is 24.4 Å². The first-order valence-electron chi connectivity index (χ1n) is 5.66. The quantitative estimate of drug-likeness (QED) is 0.898. The van der Waals surface area contributed by atoms with E-state index in [2.05, 4.69) is 10.3 Å². The van der Waals surface area contributed by atoms with Gasteiger partial charge in [0, 0.05) is 17.1 Å². The van der Waals surface area contributed by atoms with Gasteiger partial charge in [0.2, 0.25) is 0 Å². The van der Waals surface area contributed by atoms with Crippen molar-refractivity contribution >= 4 is 17.2 Å². The number of ether oxygens (including phenoxy) is 1. The van der Waals surface area contributed by atoms with Crippen molar-refractivity contribution < 1.29 is 14.6 Å². The van der Waals surface area contributed by atoms with Gasteiger partial charge in [-0.05, 0) is 19.1 Å². The molecule has 2 aromatic rings. The highest BCUT2D eigenvalue weighted by atomic mass is 32.1. The molecule has 6 heteroatoms. The van der Waals surface area contributed by atoms with E-state index in [9.17, 15) is 9.90 Å². The van der Waals surface area contributed by atoms with Crippen LogP contribution in [0, 0.1) is 6.92 Å². The number of phenols is 1. The molecule has 0 bridgehead atoms. The molecule has 0 aliphatic heterocycles. The third kappa shape index (κ3) is 3.23. The lowest BCUT2D eigenvalue weighted by atomic mass is 10.2. The maximum atomic E-state index is 11.9. The fourth-order valence-corrected chi connectivity index (χ4v) is 2.29. The van der Waals surface area contributed by atoms with E-state index < -0.39 is 0 Å². The van der Waals surface area contributed by atoms with Gasteiger partial charge >= 0.3 is 0 Å². The largest absolute Gasteiger partial charge is 0.507 e. The van der Waals surface area contributed by atoms with Gasteiger partial charge in [0.1, 0.15) is 16.5 Å². The number of aromatic hydroxyl groups is 1. The fraction of sp³-hybridized carbons (Fsp3) is 0.231. The minimum Gasteiger partial charge on any atom is -0.507 e. The number of carbonyl (C=O) groups excluding carboxylic acids is 1. The highest BCUT2D eigenvalue weighted by molar-refractivity contribution is 7.11. The van der Waals surface area contributed by atoms with Gasteiger partial charge in [-0.15, -0.1) is 11.3 Å². The number of carbonyl (C=O) groups is 1. The third-order valence-electron chi connectivity index (χ3n) is 2.52. The normalized spacial score (nSPS) is 10.2. The first kappa shape index (κ1) is 13.4. The Balaban J connectivity index is 2.03. The summed E-state index contributed by atoms with van der Waals surface area (Å²) in [6.07, 6.45) is 1.76. The van der Waals surface area contributed by atoms with Gasteiger partial charge in [0.05, 0.1) is 19.2 Å². The van der Waals surface area contributed by atoms with E-state index in [0.29, 0.717) is 12.3 Å². The van der Waals surface area contributed by atoms with Crippen LogP contribution >= 0.6 is 11.3 Å². The van der Waals surface area contributed by atoms with E-state index in [0.717, 1.165) is 9.88 Å². The Labute approximate surface area is 114 Å². The summed E-state index contributed by atoms with van der Waals surface area (Å²) in [6, 6.07) is 4.56. The van der Waals surface area contributed by atoms with Crippen molar-refractivity contribution in [3.8, 4) is 11.5 Å². The van der Waals surface area contributed by atoms with Crippen molar-refractivity contribution in [2.24, 2.45) is 0 Å². The second-order valence-corrected chi connectivity index (χ2v) is 5.25. The Morgan fingerprint density at radius 2 is 2.32 bits per heavy atom. The number of nitrogens with zero attached hydrogens (tertiary/aromatic N) is 1. The Kier molecular flexibility index (Phi) is 4.01. The molecule has 5 nitrogen and oxygen atoms in total. The number of phenolic OH excluding ortho intramolecular Hbond substituents is 1. The summed E-state index contributed by atoms with van der Waals surface area (Å²) in [6.45, 7) is 2.31. The first-order valence-corrected chi connectivity index (χ1v) is 6.48. The SMILES string of the molecule is COc1ccc(C(=O)NCc2ncc(C)s2)c(O)c1. The van der Waals surface area contributed by atoms with Gasteiger partial charge in [0.25, 0.3) is 5.91 Å². The van der Waals surface area contributed by atoms with Crippen LogP contribution in [0.1, 0.15) is 20.2 Å². The van der Waals surface area contributed by atoms with Crippen molar-refractivity contribution in [1.29, 1.82) is 0 Å². The highest BCUT2D eigenvalue weighted by Gasteiger charge is 2.12. The van der Waals surface area contributed by atoms with Crippen molar-refractivity contribution in [2.75, 3.05) is 7.11 Å². The minimum atomic E-state index is -0.340. The number of benzene rings is 1. The molecular weight excluding hydrogens is 264 g/mol. The average molecular weight is 278 g/mol. The standard InChI is InChI=1S/C13H14N2O3S/c1-8-6-14-12(19-8)7-15-13(17)10-4-3-9(18-2)5-11(10)16/h3-6,16H,7H2,1-2H3,(H,15,17). The van der Waals surface area contributed by atoms with Crippen molar-refractivity contribution in [3.63, 3.8) is 0 Å². The maximum absolute atomic E-state index is 11.9. The molecule has 0 radical (unpaired) electrons. The van der Waals surface area contributed by atoms with E-state index >= 15 is 0 Å². The Hall–Kier alpha value is -2.08. The van der Waals surface area contributed by atoms with Crippen LogP contribution in [-0.4, -0.2) is 23.1 Å². The van der Waals surface area contributed by atoms with Crippen LogP contribution in [0.25, 0.3) is 0 Å². The monoisotopic (exact) mass is 278 g/mol. The lowest BCUT2D eigenvalue weighted by Crippen LogP contribution is -2.22. The second kappa shape index (κ2) is 5.71. The molecule has 1 amide bonds. The predicted octanol–water partition coefficient (Wildman–Crippen LogP) is 2.10. The zero-order valence-corrected chi connectivity index (χ0v) is 11.5. The molecule has 1 aromatic heterocycles. The molecule has 2 N–H and O–H groups in total. The lowest BCUT2D eigenvalue weighted by Gasteiger charge is -2.07. The van der Waals surface area contributed by atoms with E-state index in [1.165, 1.54) is 30.6 Å². The summed E-state index contributed by atoms with van der Waals surface area (Å²) in [4.78, 5) is 17.2. The van der Waals surface area contributed by atoms with Gasteiger partial charge in [-0.1, -0.05) is 0 Å². The van der Waals surface area contributed by atoms with Gasteiger partial charge in [-0.2, -0.15) is 0 Å². The zero-order chi connectivity index (χ0) is 13.8. The van der Waals surface area contributed by atoms with Crippen LogP contribution < -0.4 is 10.1 Å². The molecule has 0 fully saturated rings. The molecule has 0 aliphatic rings. The lowest BCUT2D eigenvalue weighted by molar-refractivity contribution is 0.0948. The van der Waals surface area contributed by atoms with Crippen LogP contribution in [0.4, 0.5) is 0 Å². The van der Waals surface area contributed by atoms with Crippen molar-refractivity contribution in [2.45, 2.75) is 13.5 Å². The summed E-state index contributed by atoms with van der Waals surface area (Å²) in [5.74, 6) is 0.0600. The number of aryl methyl sites for hydroxylation is 1. The third-order valence-corrected chi connectivity index (χ3v) is 3.43. The summed E-state index contributed by atoms with van der Waals surface area (Å²) in [5.41, 5.74) is 0.217. The van der Waals surface area contributed by atoms with Crippen LogP contribution in [0.5, 0.6) is 11.5 Å². The zero-order valence-electron chi connectivity index (χ0n) is 10.6. The average Bonchev–Trinajstić information content (AvgIpc) is 2.81. The number of hydrogen-bond donors (Lipinski definition) is 2. The minimum absolute atomic E-state index is 0.104. The summed E-state index contributed by atoms with van der Waals surface area (Å²) in [7, 11) is 1.50. The molecule has 0 saturated carbocycles. The highest BCUT2D eigenvalue weighted by Crippen LogP contribution is 2.23. The Morgan fingerprint density at radius 3 is 2.89 bits per heavy atom. The van der Waals surface area contributed by atoms with E-state index in [1.807, 2.05) is 6.92 Å². The molecule has 2 rings (SSSR count). The molecule has 0 spiro atoms. The number of nitrogens with one attached hydrogen (secondary N) is 1.